The van der Waals surface area contributed by atoms with E-state index in [9.17, 15) is 18.8 Å². The molecule has 0 aromatic heterocycles. The third-order valence-corrected chi connectivity index (χ3v) is 6.55. The maximum absolute atomic E-state index is 13.4. The number of carbonyl (C=O) groups excluding carboxylic acids is 3. The number of carbonyl (C=O) groups is 3. The molecule has 1 aliphatic heterocycles. The number of piperazine rings is 1. The maximum atomic E-state index is 13.4. The Bertz CT molecular complexity index is 1040. The number of amides is 3. The fourth-order valence-corrected chi connectivity index (χ4v) is 4.68. The van der Waals surface area contributed by atoms with E-state index in [1.54, 1.807) is 4.90 Å². The van der Waals surface area contributed by atoms with Crippen molar-refractivity contribution < 1.29 is 18.8 Å². The van der Waals surface area contributed by atoms with E-state index in [1.807, 2.05) is 32.0 Å². The van der Waals surface area contributed by atoms with Crippen molar-refractivity contribution in [3.05, 3.63) is 65.0 Å². The predicted molar refractivity (Wildman–Crippen MR) is 120 cm³/mol. The molecule has 2 aliphatic rings. The second kappa shape index (κ2) is 9.10. The van der Waals surface area contributed by atoms with Crippen LogP contribution in [0.25, 0.3) is 0 Å². The molecule has 32 heavy (non-hydrogen) atoms. The van der Waals surface area contributed by atoms with Crippen molar-refractivity contribution in [2.24, 2.45) is 0 Å². The van der Waals surface area contributed by atoms with Crippen LogP contribution in [0.2, 0.25) is 0 Å². The Hall–Kier alpha value is -3.22. The van der Waals surface area contributed by atoms with Crippen molar-refractivity contribution in [3.63, 3.8) is 0 Å². The van der Waals surface area contributed by atoms with Gasteiger partial charge in [0.1, 0.15) is 11.9 Å². The van der Waals surface area contributed by atoms with Crippen LogP contribution in [-0.2, 0) is 9.59 Å². The first-order valence-electron chi connectivity index (χ1n) is 11.1. The Labute approximate surface area is 187 Å². The standard InChI is InChI=1S/C25H28FN3O3/c1-15-7-12-19(13-16(15)2)27-23(30)14-22-24(31)28-20-5-3-4-6-21(20)29(22)25(32)17-8-10-18(26)11-9-17/h7-13,20-22H,3-6,14H2,1-2H3,(H,27,30)(H,28,31). The van der Waals surface area contributed by atoms with Crippen LogP contribution in [0.5, 0.6) is 0 Å². The van der Waals surface area contributed by atoms with E-state index >= 15 is 0 Å². The van der Waals surface area contributed by atoms with Gasteiger partial charge in [0.05, 0.1) is 12.5 Å². The van der Waals surface area contributed by atoms with Gasteiger partial charge in [-0.1, -0.05) is 18.9 Å². The molecule has 3 unspecified atom stereocenters. The molecule has 0 spiro atoms. The van der Waals surface area contributed by atoms with Gasteiger partial charge in [0.25, 0.3) is 5.91 Å². The third kappa shape index (κ3) is 4.52. The molecule has 2 aromatic carbocycles. The minimum atomic E-state index is -0.918. The third-order valence-electron chi connectivity index (χ3n) is 6.55. The fourth-order valence-electron chi connectivity index (χ4n) is 4.68. The van der Waals surface area contributed by atoms with Gasteiger partial charge in [0.2, 0.25) is 11.8 Å². The highest BCUT2D eigenvalue weighted by atomic mass is 19.1. The largest absolute Gasteiger partial charge is 0.349 e. The SMILES string of the molecule is Cc1ccc(NC(=O)CC2C(=O)NC3CCCCC3N2C(=O)c2ccc(F)cc2)cc1C. The van der Waals surface area contributed by atoms with Gasteiger partial charge >= 0.3 is 0 Å². The van der Waals surface area contributed by atoms with Crippen LogP contribution >= 0.6 is 0 Å². The Morgan fingerprint density at radius 2 is 1.78 bits per heavy atom. The molecular formula is C25H28FN3O3. The van der Waals surface area contributed by atoms with Crippen LogP contribution < -0.4 is 10.6 Å². The van der Waals surface area contributed by atoms with E-state index in [4.69, 9.17) is 0 Å². The summed E-state index contributed by atoms with van der Waals surface area (Å²) in [5.74, 6) is -1.43. The monoisotopic (exact) mass is 437 g/mol. The zero-order chi connectivity index (χ0) is 22.8. The van der Waals surface area contributed by atoms with Crippen molar-refractivity contribution in [3.8, 4) is 0 Å². The second-order valence-corrected chi connectivity index (χ2v) is 8.75. The van der Waals surface area contributed by atoms with Crippen molar-refractivity contribution in [1.29, 1.82) is 0 Å². The zero-order valence-electron chi connectivity index (χ0n) is 18.4. The highest BCUT2D eigenvalue weighted by Gasteiger charge is 2.46. The molecule has 6 nitrogen and oxygen atoms in total. The average Bonchev–Trinajstić information content (AvgIpc) is 2.77. The molecule has 168 valence electrons. The van der Waals surface area contributed by atoms with Crippen LogP contribution in [-0.4, -0.2) is 40.7 Å². The van der Waals surface area contributed by atoms with Crippen LogP contribution in [0.1, 0.15) is 53.6 Å². The van der Waals surface area contributed by atoms with Gasteiger partial charge in [-0.15, -0.1) is 0 Å². The van der Waals surface area contributed by atoms with Gasteiger partial charge in [0.15, 0.2) is 0 Å². The number of hydrogen-bond donors (Lipinski definition) is 2. The normalized spacial score (nSPS) is 22.7. The number of benzene rings is 2. The minimum Gasteiger partial charge on any atom is -0.349 e. The Morgan fingerprint density at radius 1 is 1.06 bits per heavy atom. The van der Waals surface area contributed by atoms with E-state index < -0.39 is 11.9 Å². The van der Waals surface area contributed by atoms with Crippen molar-refractivity contribution >= 4 is 23.4 Å². The zero-order valence-corrected chi connectivity index (χ0v) is 18.4. The average molecular weight is 438 g/mol. The Balaban J connectivity index is 1.58. The molecule has 0 radical (unpaired) electrons. The summed E-state index contributed by atoms with van der Waals surface area (Å²) in [5.41, 5.74) is 3.14. The van der Waals surface area contributed by atoms with Crippen LogP contribution in [0.3, 0.4) is 0 Å². The lowest BCUT2D eigenvalue weighted by atomic mass is 9.84. The van der Waals surface area contributed by atoms with Crippen molar-refractivity contribution in [1.82, 2.24) is 10.2 Å². The first kappa shape index (κ1) is 22.0. The summed E-state index contributed by atoms with van der Waals surface area (Å²) in [6.45, 7) is 3.96. The molecule has 1 saturated carbocycles. The van der Waals surface area contributed by atoms with Gasteiger partial charge < -0.3 is 15.5 Å². The molecule has 3 atom stereocenters. The molecule has 1 saturated heterocycles. The smallest absolute Gasteiger partial charge is 0.254 e. The molecule has 2 fully saturated rings. The molecule has 0 bridgehead atoms. The van der Waals surface area contributed by atoms with Gasteiger partial charge in [0, 0.05) is 17.3 Å². The van der Waals surface area contributed by atoms with Gasteiger partial charge in [-0.2, -0.15) is 0 Å². The topological polar surface area (TPSA) is 78.5 Å². The molecular weight excluding hydrogens is 409 g/mol. The lowest BCUT2D eigenvalue weighted by Gasteiger charge is -2.48. The minimum absolute atomic E-state index is 0.125. The van der Waals surface area contributed by atoms with Crippen LogP contribution in [0, 0.1) is 19.7 Å². The lowest BCUT2D eigenvalue weighted by molar-refractivity contribution is -0.135. The number of anilines is 1. The fraction of sp³-hybridized carbons (Fsp3) is 0.400. The molecule has 7 heteroatoms. The van der Waals surface area contributed by atoms with E-state index in [2.05, 4.69) is 10.6 Å². The van der Waals surface area contributed by atoms with Crippen LogP contribution in [0.15, 0.2) is 42.5 Å². The molecule has 4 rings (SSSR count). The van der Waals surface area contributed by atoms with Crippen LogP contribution in [0.4, 0.5) is 10.1 Å². The number of rotatable bonds is 4. The maximum Gasteiger partial charge on any atom is 0.254 e. The first-order chi connectivity index (χ1) is 15.3. The first-order valence-corrected chi connectivity index (χ1v) is 11.1. The quantitative estimate of drug-likeness (QED) is 0.765. The molecule has 2 N–H and O–H groups in total. The number of fused-ring (bicyclic) bond motifs is 1. The summed E-state index contributed by atoms with van der Waals surface area (Å²) in [6, 6.07) is 9.72. The molecule has 1 heterocycles. The summed E-state index contributed by atoms with van der Waals surface area (Å²) in [6.07, 6.45) is 3.34. The summed E-state index contributed by atoms with van der Waals surface area (Å²) in [7, 11) is 0. The number of aryl methyl sites for hydroxylation is 2. The van der Waals surface area contributed by atoms with E-state index in [1.165, 1.54) is 24.3 Å². The number of nitrogens with one attached hydrogen (secondary N) is 2. The number of hydrogen-bond acceptors (Lipinski definition) is 3. The van der Waals surface area contributed by atoms with E-state index in [-0.39, 0.29) is 36.2 Å². The molecule has 1 aliphatic carbocycles. The predicted octanol–water partition coefficient (Wildman–Crippen LogP) is 3.72. The number of halogens is 1. The Morgan fingerprint density at radius 3 is 2.50 bits per heavy atom. The molecule has 2 aromatic rings. The summed E-state index contributed by atoms with van der Waals surface area (Å²) in [4.78, 5) is 40.8. The summed E-state index contributed by atoms with van der Waals surface area (Å²) < 4.78 is 13.4. The van der Waals surface area contributed by atoms with E-state index in [0.717, 1.165) is 36.8 Å². The highest BCUT2D eigenvalue weighted by Crippen LogP contribution is 2.31. The van der Waals surface area contributed by atoms with Gasteiger partial charge in [-0.25, -0.2) is 4.39 Å². The molecule has 3 amide bonds. The summed E-state index contributed by atoms with van der Waals surface area (Å²) in [5, 5.41) is 5.88. The van der Waals surface area contributed by atoms with Gasteiger partial charge in [-0.3, -0.25) is 14.4 Å². The number of nitrogens with zero attached hydrogens (tertiary/aromatic N) is 1. The lowest BCUT2D eigenvalue weighted by Crippen LogP contribution is -2.68. The van der Waals surface area contributed by atoms with E-state index in [0.29, 0.717) is 11.3 Å². The summed E-state index contributed by atoms with van der Waals surface area (Å²) >= 11 is 0. The second-order valence-electron chi connectivity index (χ2n) is 8.75. The Kier molecular flexibility index (Phi) is 6.26. The van der Waals surface area contributed by atoms with Gasteiger partial charge in [-0.05, 0) is 74.2 Å². The van der Waals surface area contributed by atoms with Crippen molar-refractivity contribution in [2.45, 2.75) is 64.1 Å². The van der Waals surface area contributed by atoms with Crippen molar-refractivity contribution in [2.75, 3.05) is 5.32 Å². The highest BCUT2D eigenvalue weighted by molar-refractivity contribution is 6.01.